The molecule has 0 fully saturated rings. The molecule has 1 amide bonds. The highest BCUT2D eigenvalue weighted by Crippen LogP contribution is 2.18. The van der Waals surface area contributed by atoms with Crippen molar-refractivity contribution < 1.29 is 9.18 Å². The Hall–Kier alpha value is -2.47. The molecule has 104 valence electrons. The fourth-order valence-corrected chi connectivity index (χ4v) is 1.97. The number of nitrogens with zero attached hydrogens (tertiary/aromatic N) is 1. The average molecular weight is 274 g/mol. The SMILES string of the molecule is Cc1cc(C)cc(NC(=O)c2ccnc(NN)c2F)c1. The largest absolute Gasteiger partial charge is 0.322 e. The van der Waals surface area contributed by atoms with E-state index in [1.54, 1.807) is 0 Å². The third kappa shape index (κ3) is 2.92. The number of anilines is 2. The number of rotatable bonds is 3. The molecule has 1 aromatic carbocycles. The van der Waals surface area contributed by atoms with E-state index in [2.05, 4.69) is 15.7 Å². The van der Waals surface area contributed by atoms with Crippen molar-refractivity contribution in [3.63, 3.8) is 0 Å². The van der Waals surface area contributed by atoms with Gasteiger partial charge in [0.05, 0.1) is 5.56 Å². The summed E-state index contributed by atoms with van der Waals surface area (Å²) < 4.78 is 13.9. The summed E-state index contributed by atoms with van der Waals surface area (Å²) in [6.07, 6.45) is 1.31. The molecule has 5 nitrogen and oxygen atoms in total. The predicted molar refractivity (Wildman–Crippen MR) is 75.9 cm³/mol. The van der Waals surface area contributed by atoms with E-state index in [-0.39, 0.29) is 11.4 Å². The molecule has 0 unspecified atom stereocenters. The van der Waals surface area contributed by atoms with E-state index >= 15 is 0 Å². The van der Waals surface area contributed by atoms with E-state index in [1.165, 1.54) is 12.3 Å². The first kappa shape index (κ1) is 14.0. The Balaban J connectivity index is 2.28. The van der Waals surface area contributed by atoms with Crippen LogP contribution in [0.2, 0.25) is 0 Å². The molecule has 1 aromatic heterocycles. The Morgan fingerprint density at radius 3 is 2.50 bits per heavy atom. The monoisotopic (exact) mass is 274 g/mol. The van der Waals surface area contributed by atoms with E-state index in [0.29, 0.717) is 5.69 Å². The summed E-state index contributed by atoms with van der Waals surface area (Å²) in [6.45, 7) is 3.85. The molecule has 20 heavy (non-hydrogen) atoms. The summed E-state index contributed by atoms with van der Waals surface area (Å²) in [6, 6.07) is 6.91. The van der Waals surface area contributed by atoms with Crippen molar-refractivity contribution in [3.8, 4) is 0 Å². The number of carbonyl (C=O) groups excluding carboxylic acids is 1. The Morgan fingerprint density at radius 2 is 1.90 bits per heavy atom. The lowest BCUT2D eigenvalue weighted by molar-refractivity contribution is 0.102. The molecule has 0 aliphatic carbocycles. The number of halogens is 1. The third-order valence-corrected chi connectivity index (χ3v) is 2.75. The van der Waals surface area contributed by atoms with Gasteiger partial charge in [0.25, 0.3) is 5.91 Å². The lowest BCUT2D eigenvalue weighted by Crippen LogP contribution is -2.17. The lowest BCUT2D eigenvalue weighted by Gasteiger charge is -2.09. The van der Waals surface area contributed by atoms with Crippen LogP contribution in [0.15, 0.2) is 30.5 Å². The highest BCUT2D eigenvalue weighted by molar-refractivity contribution is 6.04. The van der Waals surface area contributed by atoms with Crippen LogP contribution in [0, 0.1) is 19.7 Å². The van der Waals surface area contributed by atoms with Crippen LogP contribution in [0.4, 0.5) is 15.9 Å². The minimum atomic E-state index is -0.781. The minimum absolute atomic E-state index is 0.118. The van der Waals surface area contributed by atoms with Gasteiger partial charge in [-0.3, -0.25) is 4.79 Å². The van der Waals surface area contributed by atoms with Crippen molar-refractivity contribution >= 4 is 17.4 Å². The van der Waals surface area contributed by atoms with Crippen LogP contribution in [0.5, 0.6) is 0 Å². The minimum Gasteiger partial charge on any atom is -0.322 e. The van der Waals surface area contributed by atoms with Gasteiger partial charge >= 0.3 is 0 Å². The van der Waals surface area contributed by atoms with E-state index in [0.717, 1.165) is 11.1 Å². The highest BCUT2D eigenvalue weighted by Gasteiger charge is 2.15. The van der Waals surface area contributed by atoms with Gasteiger partial charge in [0.2, 0.25) is 0 Å². The van der Waals surface area contributed by atoms with E-state index in [9.17, 15) is 9.18 Å². The number of nitrogens with two attached hydrogens (primary N) is 1. The number of hydrogen-bond donors (Lipinski definition) is 3. The number of hydrogen-bond acceptors (Lipinski definition) is 4. The van der Waals surface area contributed by atoms with Gasteiger partial charge in [-0.1, -0.05) is 6.07 Å². The number of amides is 1. The van der Waals surface area contributed by atoms with Gasteiger partial charge in [0, 0.05) is 11.9 Å². The topological polar surface area (TPSA) is 80.0 Å². The molecule has 1 heterocycles. The van der Waals surface area contributed by atoms with E-state index in [1.807, 2.05) is 32.0 Å². The highest BCUT2D eigenvalue weighted by atomic mass is 19.1. The third-order valence-electron chi connectivity index (χ3n) is 2.75. The summed E-state index contributed by atoms with van der Waals surface area (Å²) in [4.78, 5) is 15.8. The normalized spacial score (nSPS) is 10.2. The molecule has 0 atom stereocenters. The first-order valence-electron chi connectivity index (χ1n) is 6.02. The van der Waals surface area contributed by atoms with E-state index < -0.39 is 11.7 Å². The van der Waals surface area contributed by atoms with Gasteiger partial charge in [-0.25, -0.2) is 15.2 Å². The number of aryl methyl sites for hydroxylation is 2. The zero-order chi connectivity index (χ0) is 14.7. The van der Waals surface area contributed by atoms with Crippen molar-refractivity contribution in [2.45, 2.75) is 13.8 Å². The van der Waals surface area contributed by atoms with Crippen molar-refractivity contribution in [3.05, 3.63) is 53.0 Å². The fraction of sp³-hybridized carbons (Fsp3) is 0.143. The Kier molecular flexibility index (Phi) is 3.95. The first-order chi connectivity index (χ1) is 9.51. The number of aromatic nitrogens is 1. The van der Waals surface area contributed by atoms with Gasteiger partial charge in [0.1, 0.15) is 0 Å². The average Bonchev–Trinajstić information content (AvgIpc) is 2.37. The second-order valence-corrected chi connectivity index (χ2v) is 4.50. The zero-order valence-electron chi connectivity index (χ0n) is 11.2. The summed E-state index contributed by atoms with van der Waals surface area (Å²) in [5.41, 5.74) is 4.63. The van der Waals surface area contributed by atoms with Crippen LogP contribution < -0.4 is 16.6 Å². The Morgan fingerprint density at radius 1 is 1.25 bits per heavy atom. The van der Waals surface area contributed by atoms with Crippen molar-refractivity contribution in [2.75, 3.05) is 10.7 Å². The molecule has 0 radical (unpaired) electrons. The molecule has 0 aliphatic rings. The van der Waals surface area contributed by atoms with Crippen LogP contribution in [-0.4, -0.2) is 10.9 Å². The molecule has 0 aliphatic heterocycles. The van der Waals surface area contributed by atoms with Gasteiger partial charge in [0.15, 0.2) is 11.6 Å². The molecule has 6 heteroatoms. The summed E-state index contributed by atoms with van der Waals surface area (Å²) >= 11 is 0. The quantitative estimate of drug-likeness (QED) is 0.593. The molecule has 2 aromatic rings. The van der Waals surface area contributed by atoms with Crippen molar-refractivity contribution in [1.82, 2.24) is 4.98 Å². The van der Waals surface area contributed by atoms with E-state index in [4.69, 9.17) is 5.84 Å². The Labute approximate surface area is 116 Å². The van der Waals surface area contributed by atoms with Crippen LogP contribution in [0.1, 0.15) is 21.5 Å². The van der Waals surface area contributed by atoms with Gasteiger partial charge in [-0.05, 0) is 43.2 Å². The number of nitrogen functional groups attached to an aromatic ring is 1. The molecular weight excluding hydrogens is 259 g/mol. The maximum absolute atomic E-state index is 13.9. The Bertz CT molecular complexity index is 637. The number of nitrogens with one attached hydrogen (secondary N) is 2. The molecule has 2 rings (SSSR count). The first-order valence-corrected chi connectivity index (χ1v) is 6.02. The van der Waals surface area contributed by atoms with Crippen LogP contribution in [0.25, 0.3) is 0 Å². The maximum Gasteiger partial charge on any atom is 0.258 e. The van der Waals surface area contributed by atoms with Crippen LogP contribution >= 0.6 is 0 Å². The van der Waals surface area contributed by atoms with Crippen molar-refractivity contribution in [2.24, 2.45) is 5.84 Å². The molecular formula is C14H15FN4O. The lowest BCUT2D eigenvalue weighted by atomic mass is 10.1. The number of pyridine rings is 1. The molecule has 4 N–H and O–H groups in total. The van der Waals surface area contributed by atoms with Gasteiger partial charge in [-0.15, -0.1) is 0 Å². The van der Waals surface area contributed by atoms with Crippen molar-refractivity contribution in [1.29, 1.82) is 0 Å². The number of benzene rings is 1. The van der Waals surface area contributed by atoms with Gasteiger partial charge < -0.3 is 10.7 Å². The standard InChI is InChI=1S/C14H15FN4O/c1-8-5-9(2)7-10(6-8)18-14(20)11-3-4-17-13(19-16)12(11)15/h3-7H,16H2,1-2H3,(H,17,19)(H,18,20). The molecule has 0 bridgehead atoms. The second-order valence-electron chi connectivity index (χ2n) is 4.50. The number of hydrazine groups is 1. The molecule has 0 saturated carbocycles. The fourth-order valence-electron chi connectivity index (χ4n) is 1.97. The predicted octanol–water partition coefficient (Wildman–Crippen LogP) is 2.38. The smallest absolute Gasteiger partial charge is 0.258 e. The van der Waals surface area contributed by atoms with Crippen LogP contribution in [0.3, 0.4) is 0 Å². The zero-order valence-corrected chi connectivity index (χ0v) is 11.2. The number of carbonyl (C=O) groups is 1. The molecule has 0 saturated heterocycles. The summed E-state index contributed by atoms with van der Waals surface area (Å²) in [7, 11) is 0. The second kappa shape index (κ2) is 5.66. The van der Waals surface area contributed by atoms with Crippen LogP contribution in [-0.2, 0) is 0 Å². The summed E-state index contributed by atoms with van der Waals surface area (Å²) in [5, 5.41) is 2.66. The summed E-state index contributed by atoms with van der Waals surface area (Å²) in [5.74, 6) is 3.63. The maximum atomic E-state index is 13.9. The molecule has 0 spiro atoms. The van der Waals surface area contributed by atoms with Gasteiger partial charge in [-0.2, -0.15) is 0 Å².